The average molecular weight is 1570 g/mol. The van der Waals surface area contributed by atoms with E-state index in [4.69, 9.17) is 0 Å². The summed E-state index contributed by atoms with van der Waals surface area (Å²) in [6.07, 6.45) is 52.0. The van der Waals surface area contributed by atoms with Gasteiger partial charge in [-0.3, -0.25) is 0 Å². The van der Waals surface area contributed by atoms with Crippen molar-refractivity contribution in [1.82, 2.24) is 0 Å². The fraction of sp³-hybridized carbons (Fsp3) is 0.184. The second-order valence-corrected chi connectivity index (χ2v) is 61.7. The number of rotatable bonds is 12. The summed E-state index contributed by atoms with van der Waals surface area (Å²) < 4.78 is 68.2. The maximum absolute atomic E-state index is 17.5. The van der Waals surface area contributed by atoms with Gasteiger partial charge in [0, 0.05) is 0 Å². The van der Waals surface area contributed by atoms with Crippen molar-refractivity contribution in [3.05, 3.63) is 428 Å². The molecule has 0 N–H and O–H groups in total. The van der Waals surface area contributed by atoms with Crippen LogP contribution in [0.15, 0.2) is 383 Å². The third-order valence-corrected chi connectivity index (χ3v) is 92.8. The maximum atomic E-state index is 17.5. The minimum atomic E-state index is -5.79. The Bertz CT molecular complexity index is 4850. The van der Waals surface area contributed by atoms with Gasteiger partial charge in [-0.25, -0.2) is 0 Å². The standard InChI is InChI=1S/2C49H42F2Si.Hf/c2*1-4-32-28-44-38(36-24-26-40(46(50)30-36)34-16-8-6-9-17-34)20-12-14-22-42(44)48(32)52(3)49-33(5-2)29-45-39(21-13-15-23-43(45)49)37-25-27-41(47(51)31-37)35-18-10-7-11-19-35;/h2*6-31,38-39,52H,4-5H2,1-3H3;. The SMILES string of the molecule is CCC1=CC2=C(C=CC=CC2c2ccc(-c3ccccc3)c(F)c2)[C]12[SiH](C)[C]1(C(CC)=CC3=C1C=CC=CC3c1ccc(-c3ccccc3)c(F)c1)[Hf]21[C]2(C(CC)=CC3=C2C=CC=CC3c2ccc(-c3ccccc3)c(F)c2)[SiH](C)[C]12C(CC)=CC1=C2C=CC=CC1c1ccc(-c2ccccc2)c(F)c1. The van der Waals surface area contributed by atoms with Crippen molar-refractivity contribution >= 4 is 17.6 Å². The first-order chi connectivity index (χ1) is 51.4. The average Bonchev–Trinajstić information content (AvgIpc) is 1.51. The van der Waals surface area contributed by atoms with Crippen molar-refractivity contribution in [1.29, 1.82) is 0 Å². The molecule has 8 aromatic carbocycles. The van der Waals surface area contributed by atoms with Crippen LogP contribution in [0.2, 0.25) is 24.3 Å². The second kappa shape index (κ2) is 26.0. The summed E-state index contributed by atoms with van der Waals surface area (Å²) in [4.78, 5) is 0. The van der Waals surface area contributed by atoms with Gasteiger partial charge in [-0.1, -0.05) is 0 Å². The molecule has 0 amide bonds. The Kier molecular flexibility index (Phi) is 16.7. The van der Waals surface area contributed by atoms with Gasteiger partial charge in [0.05, 0.1) is 0 Å². The fourth-order valence-corrected chi connectivity index (χ4v) is 125. The molecule has 8 unspecified atom stereocenters. The molecule has 105 heavy (non-hydrogen) atoms. The second-order valence-electron chi connectivity index (χ2n) is 30.3. The molecule has 0 bridgehead atoms. The van der Waals surface area contributed by atoms with Crippen LogP contribution >= 0.6 is 0 Å². The summed E-state index contributed by atoms with van der Waals surface area (Å²) in [5, 5.41) is 0. The van der Waals surface area contributed by atoms with Crippen molar-refractivity contribution in [3.63, 3.8) is 0 Å². The third kappa shape index (κ3) is 9.10. The summed E-state index contributed by atoms with van der Waals surface area (Å²) in [7, 11) is -5.04. The van der Waals surface area contributed by atoms with Crippen LogP contribution in [0.25, 0.3) is 44.5 Å². The molecule has 2 heterocycles. The minimum absolute atomic E-state index is 0.236. The van der Waals surface area contributed by atoms with Crippen LogP contribution in [0.1, 0.15) is 99.3 Å². The number of hydrogen-bond acceptors (Lipinski definition) is 0. The van der Waals surface area contributed by atoms with Crippen molar-refractivity contribution in [2.75, 3.05) is 0 Å². The molecule has 0 saturated carbocycles. The Morgan fingerprint density at radius 1 is 0.295 bits per heavy atom. The number of benzene rings is 8. The Labute approximate surface area is 624 Å². The van der Waals surface area contributed by atoms with Gasteiger partial charge < -0.3 is 0 Å². The molecule has 0 aromatic heterocycles. The van der Waals surface area contributed by atoms with E-state index in [1.54, 1.807) is 0 Å². The Balaban J connectivity index is 0.971. The molecule has 8 aliphatic carbocycles. The van der Waals surface area contributed by atoms with E-state index >= 15 is 17.6 Å². The molecule has 2 saturated heterocycles. The van der Waals surface area contributed by atoms with E-state index in [0.29, 0.717) is 22.3 Å². The molecule has 5 spiro atoms. The van der Waals surface area contributed by atoms with E-state index < -0.39 is 48.7 Å². The van der Waals surface area contributed by atoms with Crippen LogP contribution in [0.3, 0.4) is 0 Å². The predicted octanol–water partition coefficient (Wildman–Crippen LogP) is 26.1. The van der Waals surface area contributed by atoms with Gasteiger partial charge in [0.15, 0.2) is 0 Å². The molecule has 8 atom stereocenters. The number of allylic oxidation sites excluding steroid dienone is 32. The summed E-state index contributed by atoms with van der Waals surface area (Å²) in [6, 6.07) is 63.7. The summed E-state index contributed by atoms with van der Waals surface area (Å²) in [5.41, 5.74) is 26.5. The van der Waals surface area contributed by atoms with Gasteiger partial charge in [-0.2, -0.15) is 0 Å². The molecular weight excluding hydrogens is 1490 g/mol. The molecule has 0 radical (unpaired) electrons. The van der Waals surface area contributed by atoms with Crippen molar-refractivity contribution in [3.8, 4) is 44.5 Å². The molecule has 0 nitrogen and oxygen atoms in total. The fourth-order valence-electron chi connectivity index (χ4n) is 23.3. The molecule has 10 aliphatic rings. The quantitative estimate of drug-likeness (QED) is 0.0845. The summed E-state index contributed by atoms with van der Waals surface area (Å²) in [5.74, 6) is -2.00. The Morgan fingerprint density at radius 2 is 0.514 bits per heavy atom. The van der Waals surface area contributed by atoms with E-state index in [9.17, 15) is 0 Å². The van der Waals surface area contributed by atoms with Crippen LogP contribution < -0.4 is 0 Å². The van der Waals surface area contributed by atoms with Crippen molar-refractivity contribution in [2.45, 2.75) is 101 Å². The van der Waals surface area contributed by atoms with Gasteiger partial charge in [0.25, 0.3) is 0 Å². The molecule has 516 valence electrons. The van der Waals surface area contributed by atoms with Crippen LogP contribution in [-0.4, -0.2) is 17.6 Å². The van der Waals surface area contributed by atoms with Gasteiger partial charge in [-0.05, 0) is 0 Å². The van der Waals surface area contributed by atoms with E-state index in [1.165, 1.54) is 66.9 Å². The van der Waals surface area contributed by atoms with Crippen molar-refractivity contribution < 1.29 is 37.5 Å². The number of fused-ring (bicyclic) bond motifs is 8. The Hall–Kier alpha value is -9.38. The molecule has 2 fully saturated rings. The van der Waals surface area contributed by atoms with Gasteiger partial charge in [-0.15, -0.1) is 0 Å². The first-order valence-electron chi connectivity index (χ1n) is 38.0. The first kappa shape index (κ1) is 67.5. The van der Waals surface area contributed by atoms with Crippen LogP contribution in [0.5, 0.6) is 0 Å². The predicted molar refractivity (Wildman–Crippen MR) is 430 cm³/mol. The zero-order valence-corrected chi connectivity index (χ0v) is 66.2. The summed E-state index contributed by atoms with van der Waals surface area (Å²) in [6.45, 7) is 15.4. The molecule has 8 aromatic rings. The van der Waals surface area contributed by atoms with Gasteiger partial charge in [0.1, 0.15) is 0 Å². The zero-order valence-electron chi connectivity index (χ0n) is 60.3. The Morgan fingerprint density at radius 3 is 0.714 bits per heavy atom. The molecular formula is C98H84F4HfSi2. The number of halogens is 4. The first-order valence-corrected chi connectivity index (χ1v) is 49.8. The van der Waals surface area contributed by atoms with E-state index in [2.05, 4.69) is 187 Å². The molecule has 7 heteroatoms. The van der Waals surface area contributed by atoms with Crippen LogP contribution in [0, 0.1) is 23.3 Å². The van der Waals surface area contributed by atoms with E-state index in [1.807, 2.05) is 170 Å². The van der Waals surface area contributed by atoms with Gasteiger partial charge >= 0.3 is 629 Å². The van der Waals surface area contributed by atoms with E-state index in [-0.39, 0.29) is 46.9 Å². The summed E-state index contributed by atoms with van der Waals surface area (Å²) >= 11 is -5.79. The van der Waals surface area contributed by atoms with Gasteiger partial charge in [0.2, 0.25) is 0 Å². The third-order valence-electron chi connectivity index (χ3n) is 26.6. The van der Waals surface area contributed by atoms with E-state index in [0.717, 1.165) is 70.2 Å². The van der Waals surface area contributed by atoms with Crippen LogP contribution in [-0.2, 0) is 20.0 Å². The van der Waals surface area contributed by atoms with Crippen molar-refractivity contribution in [2.24, 2.45) is 0 Å². The topological polar surface area (TPSA) is 0 Å². The normalized spacial score (nSPS) is 28.4. The zero-order chi connectivity index (χ0) is 71.7. The number of hydrogen-bond donors (Lipinski definition) is 0. The monoisotopic (exact) mass is 1570 g/mol. The van der Waals surface area contributed by atoms with Crippen LogP contribution in [0.4, 0.5) is 17.6 Å². The molecule has 18 rings (SSSR count). The molecule has 2 aliphatic heterocycles.